The Hall–Kier alpha value is -1.59. The number of unbranched alkanes of at least 4 members (excludes halogenated alkanes) is 2. The van der Waals surface area contributed by atoms with Crippen LogP contribution in [0.3, 0.4) is 0 Å². The van der Waals surface area contributed by atoms with Crippen LogP contribution in [0, 0.1) is 5.92 Å². The number of rotatable bonds is 7. The van der Waals surface area contributed by atoms with Gasteiger partial charge in [0.1, 0.15) is 5.54 Å². The van der Waals surface area contributed by atoms with Crippen LogP contribution in [0.1, 0.15) is 51.5 Å². The van der Waals surface area contributed by atoms with Gasteiger partial charge in [-0.25, -0.2) is 0 Å². The number of benzene rings is 1. The summed E-state index contributed by atoms with van der Waals surface area (Å²) in [5.41, 5.74) is 6.11. The van der Waals surface area contributed by atoms with Gasteiger partial charge in [-0.15, -0.1) is 12.4 Å². The minimum absolute atomic E-state index is 0. The number of hydrogen-bond donors (Lipinski definition) is 2. The molecule has 0 spiro atoms. The Bertz CT molecular complexity index is 570. The first kappa shape index (κ1) is 22.5. The number of carbonyl (C=O) groups is 2. The van der Waals surface area contributed by atoms with E-state index in [-0.39, 0.29) is 30.1 Å². The molecule has 1 unspecified atom stereocenters. The summed E-state index contributed by atoms with van der Waals surface area (Å²) in [5.74, 6) is 0.0636. The second-order valence-corrected chi connectivity index (χ2v) is 7.13. The Labute approximate surface area is 163 Å². The Balaban J connectivity index is 0.00000338. The molecular weight excluding hydrogens is 350 g/mol. The summed E-state index contributed by atoms with van der Waals surface area (Å²) in [6.45, 7) is 5.84. The normalized spacial score (nSPS) is 17.1. The van der Waals surface area contributed by atoms with Gasteiger partial charge in [0.15, 0.2) is 0 Å². The van der Waals surface area contributed by atoms with Gasteiger partial charge in [-0.05, 0) is 31.7 Å². The molecule has 26 heavy (non-hydrogen) atoms. The largest absolute Gasteiger partial charge is 0.356 e. The molecule has 6 heteroatoms. The maximum Gasteiger partial charge on any atom is 0.246 e. The van der Waals surface area contributed by atoms with Crippen molar-refractivity contribution in [3.8, 4) is 0 Å². The van der Waals surface area contributed by atoms with Crippen LogP contribution in [0.25, 0.3) is 0 Å². The molecule has 0 aromatic heterocycles. The van der Waals surface area contributed by atoms with Crippen LogP contribution < -0.4 is 11.1 Å². The number of hydrogen-bond acceptors (Lipinski definition) is 3. The van der Waals surface area contributed by atoms with Crippen molar-refractivity contribution in [1.82, 2.24) is 10.2 Å². The molecule has 1 heterocycles. The topological polar surface area (TPSA) is 75.4 Å². The van der Waals surface area contributed by atoms with Crippen molar-refractivity contribution in [2.24, 2.45) is 11.7 Å². The zero-order valence-electron chi connectivity index (χ0n) is 15.9. The van der Waals surface area contributed by atoms with E-state index in [9.17, 15) is 9.59 Å². The molecule has 1 aliphatic heterocycles. The van der Waals surface area contributed by atoms with E-state index in [1.165, 1.54) is 0 Å². The highest BCUT2D eigenvalue weighted by Crippen LogP contribution is 2.24. The Morgan fingerprint density at radius 1 is 1.19 bits per heavy atom. The molecular formula is C20H32ClN3O2. The molecule has 1 saturated heterocycles. The van der Waals surface area contributed by atoms with Gasteiger partial charge in [-0.2, -0.15) is 0 Å². The van der Waals surface area contributed by atoms with Crippen molar-refractivity contribution >= 4 is 24.2 Å². The molecule has 1 aliphatic rings. The second kappa shape index (κ2) is 10.5. The molecule has 1 atom stereocenters. The highest BCUT2D eigenvalue weighted by atomic mass is 35.5. The van der Waals surface area contributed by atoms with E-state index in [0.29, 0.717) is 25.9 Å². The van der Waals surface area contributed by atoms with Gasteiger partial charge < -0.3 is 16.0 Å². The maximum atomic E-state index is 12.8. The Kier molecular flexibility index (Phi) is 9.09. The highest BCUT2D eigenvalue weighted by molar-refractivity contribution is 5.87. The molecule has 5 nitrogen and oxygen atoms in total. The third-order valence-corrected chi connectivity index (χ3v) is 5.05. The number of nitrogens with two attached hydrogens (primary N) is 1. The van der Waals surface area contributed by atoms with E-state index in [0.717, 1.165) is 31.4 Å². The summed E-state index contributed by atoms with van der Waals surface area (Å²) in [4.78, 5) is 26.9. The number of piperidine rings is 1. The predicted octanol–water partition coefficient (Wildman–Crippen LogP) is 2.83. The number of likely N-dealkylation sites (tertiary alicyclic amines) is 1. The molecule has 1 aromatic rings. The third kappa shape index (κ3) is 5.71. The first-order valence-corrected chi connectivity index (χ1v) is 9.38. The number of nitrogens with zero attached hydrogens (tertiary/aromatic N) is 1. The van der Waals surface area contributed by atoms with Crippen molar-refractivity contribution in [3.05, 3.63) is 35.9 Å². The Morgan fingerprint density at radius 3 is 2.38 bits per heavy atom. The van der Waals surface area contributed by atoms with E-state index in [4.69, 9.17) is 5.73 Å². The molecule has 0 radical (unpaired) electrons. The number of nitrogens with one attached hydrogen (secondary N) is 1. The van der Waals surface area contributed by atoms with E-state index in [1.54, 1.807) is 11.8 Å². The lowest BCUT2D eigenvalue weighted by molar-refractivity contribution is -0.140. The van der Waals surface area contributed by atoms with Crippen molar-refractivity contribution in [2.75, 3.05) is 19.6 Å². The maximum absolute atomic E-state index is 12.8. The van der Waals surface area contributed by atoms with E-state index in [1.807, 2.05) is 30.3 Å². The van der Waals surface area contributed by atoms with Gasteiger partial charge >= 0.3 is 0 Å². The molecule has 1 aromatic carbocycles. The lowest BCUT2D eigenvalue weighted by atomic mass is 9.89. The molecule has 0 aliphatic carbocycles. The number of carbonyl (C=O) groups excluding carboxylic acids is 2. The molecule has 0 bridgehead atoms. The van der Waals surface area contributed by atoms with Crippen LogP contribution in [0.15, 0.2) is 30.3 Å². The molecule has 1 fully saturated rings. The third-order valence-electron chi connectivity index (χ3n) is 5.05. The zero-order valence-corrected chi connectivity index (χ0v) is 16.7. The van der Waals surface area contributed by atoms with Crippen LogP contribution in [0.5, 0.6) is 0 Å². The summed E-state index contributed by atoms with van der Waals surface area (Å²) in [6.07, 6.45) is 4.73. The molecule has 2 amide bonds. The number of halogens is 1. The number of amides is 2. The monoisotopic (exact) mass is 381 g/mol. The minimum atomic E-state index is -1.03. The van der Waals surface area contributed by atoms with Crippen LogP contribution in [0.2, 0.25) is 0 Å². The molecule has 0 saturated carbocycles. The van der Waals surface area contributed by atoms with Gasteiger partial charge in [0, 0.05) is 25.6 Å². The SMILES string of the molecule is CCCCCNC(=O)C1CCN(C(=O)C(C)(N)c2ccccc2)CC1.Cl. The average molecular weight is 382 g/mol. The van der Waals surface area contributed by atoms with Crippen LogP contribution in [0.4, 0.5) is 0 Å². The summed E-state index contributed by atoms with van der Waals surface area (Å²) < 4.78 is 0. The molecule has 2 rings (SSSR count). The van der Waals surface area contributed by atoms with Crippen molar-refractivity contribution < 1.29 is 9.59 Å². The standard InChI is InChI=1S/C20H31N3O2.ClH/c1-3-4-8-13-22-18(24)16-11-14-23(15-12-16)19(25)20(2,21)17-9-6-5-7-10-17;/h5-7,9-10,16H,3-4,8,11-15,21H2,1-2H3,(H,22,24);1H. The van der Waals surface area contributed by atoms with Crippen LogP contribution in [-0.2, 0) is 15.1 Å². The van der Waals surface area contributed by atoms with Crippen molar-refractivity contribution in [1.29, 1.82) is 0 Å². The van der Waals surface area contributed by atoms with Gasteiger partial charge in [0.05, 0.1) is 0 Å². The van der Waals surface area contributed by atoms with Crippen LogP contribution in [-0.4, -0.2) is 36.3 Å². The fraction of sp³-hybridized carbons (Fsp3) is 0.600. The molecule has 146 valence electrons. The van der Waals surface area contributed by atoms with Gasteiger partial charge in [0.2, 0.25) is 11.8 Å². The van der Waals surface area contributed by atoms with E-state index in [2.05, 4.69) is 12.2 Å². The summed E-state index contributed by atoms with van der Waals surface area (Å²) in [5, 5.41) is 3.02. The average Bonchev–Trinajstić information content (AvgIpc) is 2.65. The predicted molar refractivity (Wildman–Crippen MR) is 107 cm³/mol. The fourth-order valence-electron chi connectivity index (χ4n) is 3.31. The van der Waals surface area contributed by atoms with E-state index < -0.39 is 5.54 Å². The second-order valence-electron chi connectivity index (χ2n) is 7.13. The zero-order chi connectivity index (χ0) is 18.3. The summed E-state index contributed by atoms with van der Waals surface area (Å²) >= 11 is 0. The van der Waals surface area contributed by atoms with E-state index >= 15 is 0 Å². The lowest BCUT2D eigenvalue weighted by Gasteiger charge is -2.36. The molecule has 3 N–H and O–H groups in total. The fourth-order valence-corrected chi connectivity index (χ4v) is 3.31. The van der Waals surface area contributed by atoms with Crippen molar-refractivity contribution in [3.63, 3.8) is 0 Å². The van der Waals surface area contributed by atoms with Gasteiger partial charge in [-0.1, -0.05) is 50.1 Å². The minimum Gasteiger partial charge on any atom is -0.356 e. The quantitative estimate of drug-likeness (QED) is 0.713. The van der Waals surface area contributed by atoms with Gasteiger partial charge in [-0.3, -0.25) is 9.59 Å². The highest BCUT2D eigenvalue weighted by Gasteiger charge is 2.36. The summed E-state index contributed by atoms with van der Waals surface area (Å²) in [7, 11) is 0. The lowest BCUT2D eigenvalue weighted by Crippen LogP contribution is -2.53. The van der Waals surface area contributed by atoms with Crippen molar-refractivity contribution in [2.45, 2.75) is 51.5 Å². The first-order valence-electron chi connectivity index (χ1n) is 9.38. The Morgan fingerprint density at radius 2 is 1.81 bits per heavy atom. The summed E-state index contributed by atoms with van der Waals surface area (Å²) in [6, 6.07) is 9.46. The van der Waals surface area contributed by atoms with Crippen LogP contribution >= 0.6 is 12.4 Å². The van der Waals surface area contributed by atoms with Gasteiger partial charge in [0.25, 0.3) is 0 Å². The first-order chi connectivity index (χ1) is 12.0. The smallest absolute Gasteiger partial charge is 0.246 e.